The zero-order chi connectivity index (χ0) is 17.9. The van der Waals surface area contributed by atoms with Crippen LogP contribution in [0.15, 0.2) is 42.5 Å². The van der Waals surface area contributed by atoms with Crippen LogP contribution in [0.25, 0.3) is 0 Å². The molecule has 2 rings (SSSR count). The average Bonchev–Trinajstić information content (AvgIpc) is 2.48. The summed E-state index contributed by atoms with van der Waals surface area (Å²) in [6.07, 6.45) is 1.04. The zero-order valence-corrected chi connectivity index (χ0v) is 14.0. The number of sulfonamides is 1. The highest BCUT2D eigenvalue weighted by atomic mass is 32.2. The van der Waals surface area contributed by atoms with Gasteiger partial charge in [0.2, 0.25) is 15.9 Å². The van der Waals surface area contributed by atoms with Crippen LogP contribution in [0, 0.1) is 6.92 Å². The quantitative estimate of drug-likeness (QED) is 0.763. The minimum atomic E-state index is -3.44. The Hall–Kier alpha value is -2.87. The van der Waals surface area contributed by atoms with Crippen LogP contribution in [0.3, 0.4) is 0 Å². The molecular weight excluding hydrogens is 330 g/mol. The summed E-state index contributed by atoms with van der Waals surface area (Å²) < 4.78 is 25.1. The lowest BCUT2D eigenvalue weighted by molar-refractivity contribution is 0.0998. The third-order valence-electron chi connectivity index (χ3n) is 3.30. The normalized spacial score (nSPS) is 10.9. The van der Waals surface area contributed by atoms with Gasteiger partial charge in [-0.3, -0.25) is 14.3 Å². The van der Waals surface area contributed by atoms with Gasteiger partial charge in [0.05, 0.1) is 11.9 Å². The number of primary amides is 1. The van der Waals surface area contributed by atoms with Crippen molar-refractivity contribution in [2.45, 2.75) is 6.92 Å². The molecule has 0 heterocycles. The number of carbonyl (C=O) groups is 2. The molecule has 0 aliphatic heterocycles. The van der Waals surface area contributed by atoms with Crippen LogP contribution < -0.4 is 15.8 Å². The van der Waals surface area contributed by atoms with Crippen LogP contribution in [0.1, 0.15) is 26.3 Å². The monoisotopic (exact) mass is 347 g/mol. The Labute approximate surface area is 139 Å². The Morgan fingerprint density at radius 3 is 2.21 bits per heavy atom. The van der Waals surface area contributed by atoms with E-state index in [1.807, 2.05) is 0 Å². The smallest absolute Gasteiger partial charge is 0.256 e. The fourth-order valence-electron chi connectivity index (χ4n) is 2.11. The summed E-state index contributed by atoms with van der Waals surface area (Å²) in [6.45, 7) is 1.65. The standard InChI is InChI=1S/C16H17N3O4S/c1-10-13(4-3-5-14(10)19-24(2,22)23)16(21)18-12-8-6-11(7-9-12)15(17)20/h3-9,19H,1-2H3,(H2,17,20)(H,18,21). The summed E-state index contributed by atoms with van der Waals surface area (Å²) in [6, 6.07) is 10.9. The van der Waals surface area contributed by atoms with E-state index in [2.05, 4.69) is 10.0 Å². The maximum absolute atomic E-state index is 12.4. The second-order valence-corrected chi connectivity index (χ2v) is 7.00. The Morgan fingerprint density at radius 1 is 1.04 bits per heavy atom. The molecule has 2 aromatic carbocycles. The summed E-state index contributed by atoms with van der Waals surface area (Å²) in [4.78, 5) is 23.4. The Bertz CT molecular complexity index is 890. The molecule has 0 spiro atoms. The van der Waals surface area contributed by atoms with E-state index in [1.165, 1.54) is 12.1 Å². The number of anilines is 2. The van der Waals surface area contributed by atoms with Crippen molar-refractivity contribution in [3.8, 4) is 0 Å². The largest absolute Gasteiger partial charge is 0.366 e. The molecule has 126 valence electrons. The van der Waals surface area contributed by atoms with Gasteiger partial charge in [0, 0.05) is 16.8 Å². The van der Waals surface area contributed by atoms with Gasteiger partial charge in [-0.1, -0.05) is 6.07 Å². The predicted octanol–water partition coefficient (Wildman–Crippen LogP) is 1.72. The van der Waals surface area contributed by atoms with Gasteiger partial charge in [0.25, 0.3) is 5.91 Å². The summed E-state index contributed by atoms with van der Waals surface area (Å²) >= 11 is 0. The fraction of sp³-hybridized carbons (Fsp3) is 0.125. The van der Waals surface area contributed by atoms with Gasteiger partial charge in [-0.05, 0) is 48.9 Å². The molecular formula is C16H17N3O4S. The summed E-state index contributed by atoms with van der Waals surface area (Å²) in [5.74, 6) is -0.945. The zero-order valence-electron chi connectivity index (χ0n) is 13.2. The molecule has 0 saturated carbocycles. The Balaban J connectivity index is 2.23. The van der Waals surface area contributed by atoms with Crippen molar-refractivity contribution in [2.75, 3.05) is 16.3 Å². The second kappa shape index (κ2) is 6.71. The maximum atomic E-state index is 12.4. The first-order chi connectivity index (χ1) is 11.2. The van der Waals surface area contributed by atoms with Crippen molar-refractivity contribution in [2.24, 2.45) is 5.73 Å². The van der Waals surface area contributed by atoms with Gasteiger partial charge in [0.15, 0.2) is 0 Å². The molecule has 2 amide bonds. The lowest BCUT2D eigenvalue weighted by Crippen LogP contribution is -2.16. The van der Waals surface area contributed by atoms with Crippen LogP contribution in [0.2, 0.25) is 0 Å². The highest BCUT2D eigenvalue weighted by Gasteiger charge is 2.14. The van der Waals surface area contributed by atoms with Gasteiger partial charge in [-0.2, -0.15) is 0 Å². The summed E-state index contributed by atoms with van der Waals surface area (Å²) in [7, 11) is -3.44. The van der Waals surface area contributed by atoms with Crippen molar-refractivity contribution in [3.05, 3.63) is 59.2 Å². The number of nitrogens with two attached hydrogens (primary N) is 1. The first kappa shape index (κ1) is 17.5. The van der Waals surface area contributed by atoms with Crippen LogP contribution >= 0.6 is 0 Å². The Kier molecular flexibility index (Phi) is 4.89. The maximum Gasteiger partial charge on any atom is 0.256 e. The molecule has 0 unspecified atom stereocenters. The fourth-order valence-corrected chi connectivity index (χ4v) is 2.73. The van der Waals surface area contributed by atoms with Crippen molar-refractivity contribution < 1.29 is 18.0 Å². The third-order valence-corrected chi connectivity index (χ3v) is 3.89. The van der Waals surface area contributed by atoms with Crippen molar-refractivity contribution in [1.29, 1.82) is 0 Å². The van der Waals surface area contributed by atoms with Crippen LogP contribution in [-0.4, -0.2) is 26.5 Å². The molecule has 4 N–H and O–H groups in total. The van der Waals surface area contributed by atoms with E-state index >= 15 is 0 Å². The minimum absolute atomic E-state index is 0.336. The molecule has 24 heavy (non-hydrogen) atoms. The molecule has 7 nitrogen and oxygen atoms in total. The van der Waals surface area contributed by atoms with Crippen LogP contribution in [-0.2, 0) is 10.0 Å². The molecule has 0 aliphatic rings. The first-order valence-corrected chi connectivity index (χ1v) is 8.85. The molecule has 2 aromatic rings. The number of amides is 2. The Morgan fingerprint density at radius 2 is 1.67 bits per heavy atom. The lowest BCUT2D eigenvalue weighted by Gasteiger charge is -2.12. The number of hydrogen-bond donors (Lipinski definition) is 3. The number of carbonyl (C=O) groups excluding carboxylic acids is 2. The summed E-state index contributed by atoms with van der Waals surface area (Å²) in [5, 5.41) is 2.69. The van der Waals surface area contributed by atoms with Crippen molar-refractivity contribution in [1.82, 2.24) is 0 Å². The SMILES string of the molecule is Cc1c(NS(C)(=O)=O)cccc1C(=O)Nc1ccc(C(N)=O)cc1. The molecule has 8 heteroatoms. The molecule has 0 saturated heterocycles. The molecule has 0 aromatic heterocycles. The molecule has 0 atom stereocenters. The molecule has 0 aliphatic carbocycles. The number of rotatable bonds is 5. The topological polar surface area (TPSA) is 118 Å². The van der Waals surface area contributed by atoms with E-state index in [9.17, 15) is 18.0 Å². The lowest BCUT2D eigenvalue weighted by atomic mass is 10.1. The third kappa shape index (κ3) is 4.32. The van der Waals surface area contributed by atoms with Gasteiger partial charge in [-0.15, -0.1) is 0 Å². The van der Waals surface area contributed by atoms with Crippen molar-refractivity contribution >= 4 is 33.2 Å². The summed E-state index contributed by atoms with van der Waals surface area (Å²) in [5.41, 5.74) is 7.18. The van der Waals surface area contributed by atoms with Gasteiger partial charge < -0.3 is 11.1 Å². The molecule has 0 bridgehead atoms. The molecule has 0 radical (unpaired) electrons. The van der Waals surface area contributed by atoms with E-state index < -0.39 is 21.8 Å². The van der Waals surface area contributed by atoms with E-state index in [0.29, 0.717) is 28.1 Å². The van der Waals surface area contributed by atoms with E-state index in [4.69, 9.17) is 5.73 Å². The number of hydrogen-bond acceptors (Lipinski definition) is 4. The first-order valence-electron chi connectivity index (χ1n) is 6.96. The predicted molar refractivity (Wildman–Crippen MR) is 92.6 cm³/mol. The van der Waals surface area contributed by atoms with Gasteiger partial charge in [0.1, 0.15) is 0 Å². The van der Waals surface area contributed by atoms with Gasteiger partial charge in [-0.25, -0.2) is 8.42 Å². The van der Waals surface area contributed by atoms with E-state index in [0.717, 1.165) is 6.26 Å². The van der Waals surface area contributed by atoms with E-state index in [1.54, 1.807) is 37.3 Å². The van der Waals surface area contributed by atoms with Crippen molar-refractivity contribution in [3.63, 3.8) is 0 Å². The van der Waals surface area contributed by atoms with E-state index in [-0.39, 0.29) is 0 Å². The second-order valence-electron chi connectivity index (χ2n) is 5.25. The number of benzene rings is 2. The van der Waals surface area contributed by atoms with Crippen LogP contribution in [0.4, 0.5) is 11.4 Å². The van der Waals surface area contributed by atoms with Crippen LogP contribution in [0.5, 0.6) is 0 Å². The number of nitrogens with one attached hydrogen (secondary N) is 2. The molecule has 0 fully saturated rings. The van der Waals surface area contributed by atoms with Gasteiger partial charge >= 0.3 is 0 Å². The minimum Gasteiger partial charge on any atom is -0.366 e. The highest BCUT2D eigenvalue weighted by molar-refractivity contribution is 7.92. The average molecular weight is 347 g/mol. The highest BCUT2D eigenvalue weighted by Crippen LogP contribution is 2.21.